The molecule has 1 saturated carbocycles. The van der Waals surface area contributed by atoms with Gasteiger partial charge in [-0.15, -0.1) is 0 Å². The fraction of sp³-hybridized carbons (Fsp3) is 0.857. The van der Waals surface area contributed by atoms with Crippen molar-refractivity contribution in [1.29, 1.82) is 0 Å². The Hall–Kier alpha value is -1.10. The number of hydrogen-bond donors (Lipinski definition) is 2. The SMILES string of the molecule is CC1(C)[C@H](C(=O)O)[C@@H]1C(=O)N1C2CCC1CC(O)C2. The lowest BCUT2D eigenvalue weighted by Gasteiger charge is -2.37. The minimum Gasteiger partial charge on any atom is -0.481 e. The summed E-state index contributed by atoms with van der Waals surface area (Å²) in [5.41, 5.74) is -0.432. The van der Waals surface area contributed by atoms with Gasteiger partial charge in [0.15, 0.2) is 0 Å². The molecule has 2 saturated heterocycles. The molecule has 0 aromatic rings. The van der Waals surface area contributed by atoms with Gasteiger partial charge in [0, 0.05) is 12.1 Å². The molecule has 2 N–H and O–H groups in total. The van der Waals surface area contributed by atoms with Gasteiger partial charge in [0.1, 0.15) is 0 Å². The van der Waals surface area contributed by atoms with E-state index in [1.807, 2.05) is 18.7 Å². The molecular weight excluding hydrogens is 246 g/mol. The van der Waals surface area contributed by atoms with Crippen molar-refractivity contribution in [2.45, 2.75) is 57.7 Å². The third kappa shape index (κ3) is 1.78. The van der Waals surface area contributed by atoms with Crippen LogP contribution in [0.15, 0.2) is 0 Å². The first-order valence-electron chi connectivity index (χ1n) is 7.07. The van der Waals surface area contributed by atoms with Gasteiger partial charge in [-0.25, -0.2) is 0 Å². The summed E-state index contributed by atoms with van der Waals surface area (Å²) in [6.45, 7) is 3.71. The summed E-state index contributed by atoms with van der Waals surface area (Å²) in [5, 5.41) is 18.9. The average Bonchev–Trinajstić information content (AvgIpc) is 2.77. The number of fused-ring (bicyclic) bond motifs is 2. The molecule has 2 heterocycles. The molecule has 1 amide bonds. The van der Waals surface area contributed by atoms with E-state index in [0.29, 0.717) is 12.8 Å². The highest BCUT2D eigenvalue weighted by molar-refractivity contribution is 5.92. The summed E-state index contributed by atoms with van der Waals surface area (Å²) in [7, 11) is 0. The molecule has 1 aliphatic carbocycles. The van der Waals surface area contributed by atoms with Crippen molar-refractivity contribution in [2.75, 3.05) is 0 Å². The molecule has 2 aliphatic heterocycles. The summed E-state index contributed by atoms with van der Waals surface area (Å²) in [6.07, 6.45) is 2.88. The van der Waals surface area contributed by atoms with Crippen molar-refractivity contribution < 1.29 is 19.8 Å². The fourth-order valence-corrected chi connectivity index (χ4v) is 4.23. The van der Waals surface area contributed by atoms with E-state index in [0.717, 1.165) is 12.8 Å². The quantitative estimate of drug-likeness (QED) is 0.778. The summed E-state index contributed by atoms with van der Waals surface area (Å²) in [5.74, 6) is -1.81. The van der Waals surface area contributed by atoms with E-state index >= 15 is 0 Å². The summed E-state index contributed by atoms with van der Waals surface area (Å²) in [6, 6.07) is 0.235. The normalized spacial score (nSPS) is 43.1. The number of piperidine rings is 1. The molecule has 0 spiro atoms. The first kappa shape index (κ1) is 12.9. The monoisotopic (exact) mass is 267 g/mol. The first-order chi connectivity index (χ1) is 8.84. The molecule has 3 rings (SSSR count). The van der Waals surface area contributed by atoms with E-state index in [-0.39, 0.29) is 30.0 Å². The third-order valence-electron chi connectivity index (χ3n) is 5.32. The molecule has 3 aliphatic rings. The van der Waals surface area contributed by atoms with Gasteiger partial charge in [-0.1, -0.05) is 13.8 Å². The van der Waals surface area contributed by atoms with Crippen LogP contribution in [-0.2, 0) is 9.59 Å². The zero-order valence-electron chi connectivity index (χ0n) is 11.4. The van der Waals surface area contributed by atoms with E-state index in [1.54, 1.807) is 0 Å². The minimum absolute atomic E-state index is 0.00296. The molecule has 0 aromatic carbocycles. The number of hydrogen-bond acceptors (Lipinski definition) is 3. The van der Waals surface area contributed by atoms with Gasteiger partial charge in [0.2, 0.25) is 5.91 Å². The van der Waals surface area contributed by atoms with Crippen molar-refractivity contribution in [3.63, 3.8) is 0 Å². The van der Waals surface area contributed by atoms with Gasteiger partial charge < -0.3 is 15.1 Å². The summed E-state index contributed by atoms with van der Waals surface area (Å²) < 4.78 is 0. The second kappa shape index (κ2) is 3.95. The molecule has 5 nitrogen and oxygen atoms in total. The van der Waals surface area contributed by atoms with Crippen molar-refractivity contribution in [1.82, 2.24) is 4.90 Å². The number of amides is 1. The number of carbonyl (C=O) groups is 2. The first-order valence-corrected chi connectivity index (χ1v) is 7.07. The standard InChI is InChI=1S/C14H21NO4/c1-14(2)10(11(14)13(18)19)12(17)15-7-3-4-8(15)6-9(16)5-7/h7-11,16H,3-6H2,1-2H3,(H,18,19)/t7?,8?,9?,10-,11+/m1/s1. The van der Waals surface area contributed by atoms with Crippen LogP contribution >= 0.6 is 0 Å². The lowest BCUT2D eigenvalue weighted by Crippen LogP contribution is -2.49. The van der Waals surface area contributed by atoms with E-state index in [2.05, 4.69) is 0 Å². The van der Waals surface area contributed by atoms with Crippen LogP contribution in [-0.4, -0.2) is 45.2 Å². The number of carbonyl (C=O) groups excluding carboxylic acids is 1. The Labute approximate surface area is 112 Å². The van der Waals surface area contributed by atoms with Crippen molar-refractivity contribution >= 4 is 11.9 Å². The van der Waals surface area contributed by atoms with Gasteiger partial charge in [-0.3, -0.25) is 9.59 Å². The Morgan fingerprint density at radius 2 is 1.63 bits per heavy atom. The topological polar surface area (TPSA) is 77.8 Å². The van der Waals surface area contributed by atoms with E-state index < -0.39 is 17.3 Å². The minimum atomic E-state index is -0.868. The maximum absolute atomic E-state index is 12.6. The number of carboxylic acids is 1. The lowest BCUT2D eigenvalue weighted by atomic mass is 9.98. The number of aliphatic carboxylic acids is 1. The number of aliphatic hydroxyl groups is 1. The molecule has 5 heteroatoms. The fourth-order valence-electron chi connectivity index (χ4n) is 4.23. The van der Waals surface area contributed by atoms with Crippen LogP contribution in [0.5, 0.6) is 0 Å². The van der Waals surface area contributed by atoms with E-state index in [4.69, 9.17) is 0 Å². The molecule has 106 valence electrons. The second-order valence-corrected chi connectivity index (χ2v) is 6.87. The van der Waals surface area contributed by atoms with Crippen molar-refractivity contribution in [3.05, 3.63) is 0 Å². The number of aliphatic hydroxyl groups excluding tert-OH is 1. The van der Waals surface area contributed by atoms with Crippen LogP contribution in [0.25, 0.3) is 0 Å². The molecule has 4 atom stereocenters. The second-order valence-electron chi connectivity index (χ2n) is 6.87. The average molecular weight is 267 g/mol. The Morgan fingerprint density at radius 3 is 2.05 bits per heavy atom. The molecule has 0 radical (unpaired) electrons. The zero-order valence-corrected chi connectivity index (χ0v) is 11.4. The molecule has 19 heavy (non-hydrogen) atoms. The highest BCUT2D eigenvalue weighted by Gasteiger charge is 2.67. The smallest absolute Gasteiger partial charge is 0.307 e. The highest BCUT2D eigenvalue weighted by Crippen LogP contribution is 2.60. The van der Waals surface area contributed by atoms with Crippen LogP contribution in [0.1, 0.15) is 39.5 Å². The molecular formula is C14H21NO4. The van der Waals surface area contributed by atoms with Gasteiger partial charge in [0.25, 0.3) is 0 Å². The van der Waals surface area contributed by atoms with Gasteiger partial charge in [-0.2, -0.15) is 0 Å². The number of nitrogens with zero attached hydrogens (tertiary/aromatic N) is 1. The summed E-state index contributed by atoms with van der Waals surface area (Å²) >= 11 is 0. The van der Waals surface area contributed by atoms with Crippen LogP contribution in [0.4, 0.5) is 0 Å². The Kier molecular flexibility index (Phi) is 2.68. The van der Waals surface area contributed by atoms with E-state index in [1.165, 1.54) is 0 Å². The predicted molar refractivity (Wildman–Crippen MR) is 67.3 cm³/mol. The van der Waals surface area contributed by atoms with Crippen molar-refractivity contribution in [3.8, 4) is 0 Å². The molecule has 3 fully saturated rings. The van der Waals surface area contributed by atoms with Crippen LogP contribution in [0.2, 0.25) is 0 Å². The Morgan fingerprint density at radius 1 is 1.11 bits per heavy atom. The van der Waals surface area contributed by atoms with Gasteiger partial charge in [0.05, 0.1) is 17.9 Å². The van der Waals surface area contributed by atoms with Crippen molar-refractivity contribution in [2.24, 2.45) is 17.3 Å². The maximum Gasteiger partial charge on any atom is 0.307 e. The number of rotatable bonds is 2. The third-order valence-corrected chi connectivity index (χ3v) is 5.32. The lowest BCUT2D eigenvalue weighted by molar-refractivity contribution is -0.144. The zero-order chi connectivity index (χ0) is 13.9. The Bertz CT molecular complexity index is 419. The van der Waals surface area contributed by atoms with Gasteiger partial charge >= 0.3 is 5.97 Å². The highest BCUT2D eigenvalue weighted by atomic mass is 16.4. The summed E-state index contributed by atoms with van der Waals surface area (Å²) in [4.78, 5) is 25.7. The maximum atomic E-state index is 12.6. The largest absolute Gasteiger partial charge is 0.481 e. The Balaban J connectivity index is 1.78. The molecule has 2 bridgehead atoms. The van der Waals surface area contributed by atoms with Crippen LogP contribution in [0, 0.1) is 17.3 Å². The van der Waals surface area contributed by atoms with Gasteiger partial charge in [-0.05, 0) is 31.1 Å². The predicted octanol–water partition coefficient (Wildman–Crippen LogP) is 0.857. The van der Waals surface area contributed by atoms with E-state index in [9.17, 15) is 19.8 Å². The van der Waals surface area contributed by atoms with Crippen LogP contribution in [0.3, 0.4) is 0 Å². The molecule has 2 unspecified atom stereocenters. The molecule has 0 aromatic heterocycles. The van der Waals surface area contributed by atoms with Crippen LogP contribution < -0.4 is 0 Å². The number of carboxylic acid groups (broad SMARTS) is 1.